The fraction of sp³-hybridized carbons (Fsp3) is 0.214. The molecule has 3 rings (SSSR count). The Hall–Kier alpha value is -2.83. The van der Waals surface area contributed by atoms with Crippen LogP contribution < -0.4 is 11.1 Å². The van der Waals surface area contributed by atoms with Crippen molar-refractivity contribution < 1.29 is 9.21 Å². The molecule has 0 aliphatic rings. The van der Waals surface area contributed by atoms with E-state index in [1.807, 2.05) is 6.92 Å². The molecular weight excluding hydrogens is 270 g/mol. The van der Waals surface area contributed by atoms with Crippen molar-refractivity contribution in [2.75, 3.05) is 5.73 Å². The number of furan rings is 1. The van der Waals surface area contributed by atoms with E-state index in [0.717, 1.165) is 11.1 Å². The first kappa shape index (κ1) is 13.2. The molecule has 0 aliphatic heterocycles. The van der Waals surface area contributed by atoms with Crippen LogP contribution in [0.2, 0.25) is 0 Å². The fourth-order valence-corrected chi connectivity index (χ4v) is 2.21. The van der Waals surface area contributed by atoms with Gasteiger partial charge < -0.3 is 15.5 Å². The van der Waals surface area contributed by atoms with Crippen molar-refractivity contribution in [1.82, 2.24) is 20.1 Å². The predicted octanol–water partition coefficient (Wildman–Crippen LogP) is 1.38. The summed E-state index contributed by atoms with van der Waals surface area (Å²) < 4.78 is 6.81. The SMILES string of the molecule is Cc1nn(C)c2nc(N)c(C(=O)NCc3ccco3)cc12. The third-order valence-corrected chi connectivity index (χ3v) is 3.28. The molecule has 21 heavy (non-hydrogen) atoms. The molecule has 0 unspecified atom stereocenters. The van der Waals surface area contributed by atoms with E-state index in [9.17, 15) is 4.79 Å². The van der Waals surface area contributed by atoms with Gasteiger partial charge in [-0.3, -0.25) is 9.48 Å². The van der Waals surface area contributed by atoms with Crippen LogP contribution in [0.1, 0.15) is 21.8 Å². The molecule has 0 saturated heterocycles. The molecule has 3 N–H and O–H groups in total. The van der Waals surface area contributed by atoms with Gasteiger partial charge in [-0.1, -0.05) is 0 Å². The number of hydrogen-bond donors (Lipinski definition) is 2. The number of amides is 1. The zero-order chi connectivity index (χ0) is 15.0. The van der Waals surface area contributed by atoms with Gasteiger partial charge in [-0.2, -0.15) is 5.10 Å². The maximum atomic E-state index is 12.2. The van der Waals surface area contributed by atoms with Crippen LogP contribution in [0.15, 0.2) is 28.9 Å². The molecule has 1 amide bonds. The Kier molecular flexibility index (Phi) is 3.09. The molecule has 0 bridgehead atoms. The maximum absolute atomic E-state index is 12.2. The van der Waals surface area contributed by atoms with Crippen LogP contribution >= 0.6 is 0 Å². The second kappa shape index (κ2) is 4.93. The van der Waals surface area contributed by atoms with Crippen molar-refractivity contribution in [2.45, 2.75) is 13.5 Å². The van der Waals surface area contributed by atoms with Crippen molar-refractivity contribution in [3.05, 3.63) is 41.5 Å². The van der Waals surface area contributed by atoms with Gasteiger partial charge in [0.15, 0.2) is 5.65 Å². The van der Waals surface area contributed by atoms with Crippen molar-refractivity contribution in [3.63, 3.8) is 0 Å². The molecular formula is C14H15N5O2. The highest BCUT2D eigenvalue weighted by atomic mass is 16.3. The van der Waals surface area contributed by atoms with E-state index in [4.69, 9.17) is 10.2 Å². The molecule has 3 aromatic rings. The first-order valence-corrected chi connectivity index (χ1v) is 6.46. The summed E-state index contributed by atoms with van der Waals surface area (Å²) in [5.74, 6) is 0.567. The second-order valence-electron chi connectivity index (χ2n) is 4.76. The lowest BCUT2D eigenvalue weighted by Gasteiger charge is -2.06. The van der Waals surface area contributed by atoms with Crippen LogP contribution in [0.25, 0.3) is 11.0 Å². The number of nitrogens with one attached hydrogen (secondary N) is 1. The van der Waals surface area contributed by atoms with E-state index in [1.54, 1.807) is 36.2 Å². The number of aromatic nitrogens is 3. The molecule has 7 heteroatoms. The van der Waals surface area contributed by atoms with Crippen molar-refractivity contribution in [2.24, 2.45) is 7.05 Å². The average molecular weight is 285 g/mol. The molecule has 0 aromatic carbocycles. The van der Waals surface area contributed by atoms with Gasteiger partial charge in [0, 0.05) is 12.4 Å². The molecule has 0 radical (unpaired) electrons. The van der Waals surface area contributed by atoms with Crippen molar-refractivity contribution >= 4 is 22.8 Å². The zero-order valence-corrected chi connectivity index (χ0v) is 11.8. The molecule has 7 nitrogen and oxygen atoms in total. The highest BCUT2D eigenvalue weighted by Crippen LogP contribution is 2.20. The summed E-state index contributed by atoms with van der Waals surface area (Å²) in [4.78, 5) is 16.5. The highest BCUT2D eigenvalue weighted by Gasteiger charge is 2.16. The Labute approximate surface area is 120 Å². The molecule has 0 fully saturated rings. The summed E-state index contributed by atoms with van der Waals surface area (Å²) in [6.07, 6.45) is 1.56. The minimum Gasteiger partial charge on any atom is -0.467 e. The van der Waals surface area contributed by atoms with Gasteiger partial charge >= 0.3 is 0 Å². The van der Waals surface area contributed by atoms with Crippen molar-refractivity contribution in [3.8, 4) is 0 Å². The molecule has 0 atom stereocenters. The maximum Gasteiger partial charge on any atom is 0.255 e. The van der Waals surface area contributed by atoms with Crippen LogP contribution in [0.4, 0.5) is 5.82 Å². The van der Waals surface area contributed by atoms with E-state index in [1.165, 1.54) is 0 Å². The van der Waals surface area contributed by atoms with Gasteiger partial charge in [0.1, 0.15) is 11.6 Å². The number of pyridine rings is 1. The van der Waals surface area contributed by atoms with Gasteiger partial charge in [0.05, 0.1) is 24.1 Å². The quantitative estimate of drug-likeness (QED) is 0.757. The number of nitrogen functional groups attached to an aromatic ring is 1. The number of anilines is 1. The number of rotatable bonds is 3. The Morgan fingerprint density at radius 2 is 2.33 bits per heavy atom. The summed E-state index contributed by atoms with van der Waals surface area (Å²) in [5.41, 5.74) is 7.68. The highest BCUT2D eigenvalue weighted by molar-refractivity contribution is 6.01. The largest absolute Gasteiger partial charge is 0.467 e. The third kappa shape index (κ3) is 2.33. The number of carbonyl (C=O) groups is 1. The summed E-state index contributed by atoms with van der Waals surface area (Å²) in [5, 5.41) is 7.84. The fourth-order valence-electron chi connectivity index (χ4n) is 2.21. The lowest BCUT2D eigenvalue weighted by Crippen LogP contribution is -2.24. The van der Waals surface area contributed by atoms with Gasteiger partial charge in [-0.25, -0.2) is 4.98 Å². The molecule has 0 aliphatic carbocycles. The van der Waals surface area contributed by atoms with Gasteiger partial charge in [0.2, 0.25) is 0 Å². The number of nitrogens with zero attached hydrogens (tertiary/aromatic N) is 3. The smallest absolute Gasteiger partial charge is 0.255 e. The van der Waals surface area contributed by atoms with E-state index in [2.05, 4.69) is 15.4 Å². The monoisotopic (exact) mass is 285 g/mol. The normalized spacial score (nSPS) is 11.0. The zero-order valence-electron chi connectivity index (χ0n) is 11.8. The van der Waals surface area contributed by atoms with Gasteiger partial charge in [0.25, 0.3) is 5.91 Å². The van der Waals surface area contributed by atoms with E-state index in [-0.39, 0.29) is 11.7 Å². The minimum absolute atomic E-state index is 0.183. The van der Waals surface area contributed by atoms with Gasteiger partial charge in [-0.05, 0) is 25.1 Å². The average Bonchev–Trinajstić information content (AvgIpc) is 3.05. The van der Waals surface area contributed by atoms with E-state index >= 15 is 0 Å². The van der Waals surface area contributed by atoms with Crippen LogP contribution in [0.3, 0.4) is 0 Å². The van der Waals surface area contributed by atoms with Crippen LogP contribution in [-0.4, -0.2) is 20.7 Å². The molecule has 3 heterocycles. The standard InChI is InChI=1S/C14H15N5O2/c1-8-10-6-11(12(15)17-13(10)19(2)18-8)14(20)16-7-9-4-3-5-21-9/h3-6H,7H2,1-2H3,(H2,15,17)(H,16,20). The summed E-state index contributed by atoms with van der Waals surface area (Å²) in [6.45, 7) is 2.17. The number of hydrogen-bond acceptors (Lipinski definition) is 5. The molecule has 0 saturated carbocycles. The Morgan fingerprint density at radius 3 is 3.05 bits per heavy atom. The first-order chi connectivity index (χ1) is 10.1. The first-order valence-electron chi connectivity index (χ1n) is 6.46. The van der Waals surface area contributed by atoms with Crippen LogP contribution in [-0.2, 0) is 13.6 Å². The Morgan fingerprint density at radius 1 is 1.52 bits per heavy atom. The number of fused-ring (bicyclic) bond motifs is 1. The number of aryl methyl sites for hydroxylation is 2. The van der Waals surface area contributed by atoms with Gasteiger partial charge in [-0.15, -0.1) is 0 Å². The van der Waals surface area contributed by atoms with Crippen LogP contribution in [0.5, 0.6) is 0 Å². The van der Waals surface area contributed by atoms with Crippen molar-refractivity contribution in [1.29, 1.82) is 0 Å². The minimum atomic E-state index is -0.290. The summed E-state index contributed by atoms with van der Waals surface area (Å²) >= 11 is 0. The summed E-state index contributed by atoms with van der Waals surface area (Å²) in [6, 6.07) is 5.27. The van der Waals surface area contributed by atoms with E-state index < -0.39 is 0 Å². The van der Waals surface area contributed by atoms with E-state index in [0.29, 0.717) is 23.5 Å². The lowest BCUT2D eigenvalue weighted by atomic mass is 10.1. The Balaban J connectivity index is 1.90. The number of nitrogens with two attached hydrogens (primary N) is 1. The van der Waals surface area contributed by atoms with Crippen LogP contribution in [0, 0.1) is 6.92 Å². The Bertz CT molecular complexity index is 804. The molecule has 3 aromatic heterocycles. The summed E-state index contributed by atoms with van der Waals surface area (Å²) in [7, 11) is 1.79. The lowest BCUT2D eigenvalue weighted by molar-refractivity contribution is 0.0949. The predicted molar refractivity (Wildman–Crippen MR) is 77.5 cm³/mol. The second-order valence-corrected chi connectivity index (χ2v) is 4.76. The molecule has 108 valence electrons. The third-order valence-electron chi connectivity index (χ3n) is 3.28. The topological polar surface area (TPSA) is 99.0 Å². The number of carbonyl (C=O) groups excluding carboxylic acids is 1. The molecule has 0 spiro atoms.